The maximum Gasteiger partial charge on any atom is 0.179 e. The predicted octanol–water partition coefficient (Wildman–Crippen LogP) is 2.05. The molecular weight excluding hydrogens is 314 g/mol. The van der Waals surface area contributed by atoms with Crippen LogP contribution in [0.15, 0.2) is 12.1 Å². The monoisotopic (exact) mass is 335 g/mol. The maximum atomic E-state index is 11.4. The molecule has 0 unspecified atom stereocenters. The summed E-state index contributed by atoms with van der Waals surface area (Å²) in [6.07, 6.45) is 1.12. The van der Waals surface area contributed by atoms with Crippen molar-refractivity contribution >= 4 is 21.4 Å². The van der Waals surface area contributed by atoms with Crippen LogP contribution < -0.4 is 15.2 Å². The van der Waals surface area contributed by atoms with Crippen LogP contribution >= 0.6 is 11.6 Å². The van der Waals surface area contributed by atoms with E-state index in [9.17, 15) is 8.42 Å². The highest BCUT2D eigenvalue weighted by atomic mass is 35.5. The van der Waals surface area contributed by atoms with Gasteiger partial charge in [0.1, 0.15) is 9.84 Å². The Kier molecular flexibility index (Phi) is 7.28. The van der Waals surface area contributed by atoms with Crippen LogP contribution in [0.25, 0.3) is 0 Å². The molecule has 0 atom stereocenters. The van der Waals surface area contributed by atoms with Crippen molar-refractivity contribution in [1.82, 2.24) is 0 Å². The van der Waals surface area contributed by atoms with Gasteiger partial charge in [-0.15, -0.1) is 0 Å². The Hall–Kier alpha value is -0.980. The summed E-state index contributed by atoms with van der Waals surface area (Å²) < 4.78 is 33.6. The Labute approximate surface area is 131 Å². The van der Waals surface area contributed by atoms with Gasteiger partial charge in [0.15, 0.2) is 11.5 Å². The second-order valence-corrected chi connectivity index (χ2v) is 7.47. The molecule has 0 aromatic heterocycles. The highest BCUT2D eigenvalue weighted by Crippen LogP contribution is 2.36. The van der Waals surface area contributed by atoms with Crippen molar-refractivity contribution in [2.45, 2.75) is 19.8 Å². The molecule has 0 heterocycles. The number of halogens is 1. The highest BCUT2D eigenvalue weighted by Gasteiger charge is 2.13. The Balaban J connectivity index is 2.70. The number of methoxy groups -OCH3 is 1. The number of rotatable bonds is 9. The van der Waals surface area contributed by atoms with Crippen molar-refractivity contribution in [2.75, 3.05) is 31.8 Å². The number of benzene rings is 1. The number of hydrogen-bond donors (Lipinski definition) is 1. The van der Waals surface area contributed by atoms with Gasteiger partial charge in [0.25, 0.3) is 0 Å². The van der Waals surface area contributed by atoms with E-state index in [1.165, 1.54) is 7.11 Å². The van der Waals surface area contributed by atoms with E-state index in [0.717, 1.165) is 5.56 Å². The van der Waals surface area contributed by atoms with Gasteiger partial charge in [-0.3, -0.25) is 0 Å². The molecule has 0 saturated heterocycles. The van der Waals surface area contributed by atoms with Gasteiger partial charge in [0.05, 0.1) is 24.5 Å². The van der Waals surface area contributed by atoms with Crippen LogP contribution in [0, 0.1) is 0 Å². The van der Waals surface area contributed by atoms with Crippen LogP contribution in [0.4, 0.5) is 0 Å². The largest absolute Gasteiger partial charge is 0.493 e. The Bertz CT molecular complexity index is 560. The third-order valence-corrected chi connectivity index (χ3v) is 5.08. The lowest BCUT2D eigenvalue weighted by molar-refractivity contribution is 0.294. The second-order valence-electron chi connectivity index (χ2n) is 4.59. The molecule has 21 heavy (non-hydrogen) atoms. The molecule has 0 spiro atoms. The molecule has 2 N–H and O–H groups in total. The fourth-order valence-electron chi connectivity index (χ4n) is 1.82. The van der Waals surface area contributed by atoms with Gasteiger partial charge in [-0.05, 0) is 37.1 Å². The Morgan fingerprint density at radius 1 is 1.33 bits per heavy atom. The predicted molar refractivity (Wildman–Crippen MR) is 85.2 cm³/mol. The molecule has 1 rings (SSSR count). The minimum Gasteiger partial charge on any atom is -0.493 e. The summed E-state index contributed by atoms with van der Waals surface area (Å²) in [5.74, 6) is 1.22. The third-order valence-electron chi connectivity index (χ3n) is 3.01. The van der Waals surface area contributed by atoms with Crippen LogP contribution in [-0.4, -0.2) is 40.2 Å². The molecule has 0 amide bonds. The summed E-state index contributed by atoms with van der Waals surface area (Å²) in [4.78, 5) is 0. The van der Waals surface area contributed by atoms with E-state index in [1.54, 1.807) is 13.0 Å². The van der Waals surface area contributed by atoms with Crippen LogP contribution in [0.2, 0.25) is 5.02 Å². The van der Waals surface area contributed by atoms with Crippen LogP contribution in [-0.2, 0) is 16.3 Å². The Morgan fingerprint density at radius 2 is 2.05 bits per heavy atom. The molecule has 120 valence electrons. The molecule has 0 saturated carbocycles. The zero-order valence-electron chi connectivity index (χ0n) is 12.4. The highest BCUT2D eigenvalue weighted by molar-refractivity contribution is 7.91. The minimum absolute atomic E-state index is 0.106. The van der Waals surface area contributed by atoms with E-state index >= 15 is 0 Å². The minimum atomic E-state index is -2.97. The lowest BCUT2D eigenvalue weighted by Crippen LogP contribution is -2.12. The Morgan fingerprint density at radius 3 is 2.62 bits per heavy atom. The number of ether oxygens (including phenoxy) is 2. The summed E-state index contributed by atoms with van der Waals surface area (Å²) in [5, 5.41) is 0.441. The van der Waals surface area contributed by atoms with Gasteiger partial charge in [0.2, 0.25) is 0 Å². The molecule has 0 aliphatic rings. The molecule has 5 nitrogen and oxygen atoms in total. The average Bonchev–Trinajstić information content (AvgIpc) is 2.45. The van der Waals surface area contributed by atoms with E-state index in [1.807, 2.05) is 6.07 Å². The van der Waals surface area contributed by atoms with Gasteiger partial charge >= 0.3 is 0 Å². The molecule has 1 aromatic rings. The normalized spacial score (nSPS) is 11.4. The van der Waals surface area contributed by atoms with Gasteiger partial charge < -0.3 is 15.2 Å². The van der Waals surface area contributed by atoms with Crippen molar-refractivity contribution in [3.8, 4) is 11.5 Å². The lowest BCUT2D eigenvalue weighted by atomic mass is 10.1. The van der Waals surface area contributed by atoms with Crippen molar-refractivity contribution in [2.24, 2.45) is 5.73 Å². The van der Waals surface area contributed by atoms with Crippen molar-refractivity contribution in [1.29, 1.82) is 0 Å². The van der Waals surface area contributed by atoms with Crippen LogP contribution in [0.5, 0.6) is 11.5 Å². The fraction of sp³-hybridized carbons (Fsp3) is 0.571. The zero-order chi connectivity index (χ0) is 15.9. The van der Waals surface area contributed by atoms with E-state index in [-0.39, 0.29) is 18.1 Å². The summed E-state index contributed by atoms with van der Waals surface area (Å²) in [6.45, 7) is 2.42. The average molecular weight is 336 g/mol. The lowest BCUT2D eigenvalue weighted by Gasteiger charge is -2.14. The summed E-state index contributed by atoms with van der Waals surface area (Å²) in [5.41, 5.74) is 6.49. The fourth-order valence-corrected chi connectivity index (χ4v) is 2.96. The van der Waals surface area contributed by atoms with Crippen molar-refractivity contribution in [3.05, 3.63) is 22.7 Å². The summed E-state index contributed by atoms with van der Waals surface area (Å²) in [7, 11) is -1.44. The quantitative estimate of drug-likeness (QED) is 0.699. The smallest absolute Gasteiger partial charge is 0.179 e. The number of nitrogens with two attached hydrogens (primary N) is 1. The number of hydrogen-bond acceptors (Lipinski definition) is 5. The first-order valence-corrected chi connectivity index (χ1v) is 9.03. The SMILES string of the molecule is CCS(=O)(=O)CCCOc1c(Cl)cc(CCN)cc1OC. The van der Waals surface area contributed by atoms with E-state index in [0.29, 0.717) is 35.9 Å². The topological polar surface area (TPSA) is 78.6 Å². The molecule has 0 fully saturated rings. The summed E-state index contributed by atoms with van der Waals surface area (Å²) in [6, 6.07) is 3.62. The maximum absolute atomic E-state index is 11.4. The molecule has 1 aromatic carbocycles. The molecule has 0 radical (unpaired) electrons. The molecular formula is C14H22ClNO4S. The van der Waals surface area contributed by atoms with E-state index < -0.39 is 9.84 Å². The third kappa shape index (κ3) is 5.73. The van der Waals surface area contributed by atoms with Crippen LogP contribution in [0.3, 0.4) is 0 Å². The standard InChI is InChI=1S/C14H22ClNO4S/c1-3-21(17,18)8-4-7-20-14-12(15)9-11(5-6-16)10-13(14)19-2/h9-10H,3-8,16H2,1-2H3. The van der Waals surface area contributed by atoms with Gasteiger partial charge in [-0.25, -0.2) is 8.42 Å². The zero-order valence-corrected chi connectivity index (χ0v) is 14.0. The first-order valence-electron chi connectivity index (χ1n) is 6.83. The van der Waals surface area contributed by atoms with Crippen molar-refractivity contribution in [3.63, 3.8) is 0 Å². The first-order chi connectivity index (χ1) is 9.93. The second kappa shape index (κ2) is 8.46. The van der Waals surface area contributed by atoms with Gasteiger partial charge in [-0.1, -0.05) is 18.5 Å². The number of sulfone groups is 1. The van der Waals surface area contributed by atoms with E-state index in [2.05, 4.69) is 0 Å². The van der Waals surface area contributed by atoms with Gasteiger partial charge in [-0.2, -0.15) is 0 Å². The van der Waals surface area contributed by atoms with Crippen molar-refractivity contribution < 1.29 is 17.9 Å². The molecule has 7 heteroatoms. The first kappa shape index (κ1) is 18.1. The molecule has 0 bridgehead atoms. The molecule has 0 aliphatic carbocycles. The van der Waals surface area contributed by atoms with Gasteiger partial charge in [0, 0.05) is 5.75 Å². The van der Waals surface area contributed by atoms with Crippen LogP contribution in [0.1, 0.15) is 18.9 Å². The molecule has 0 aliphatic heterocycles. The van der Waals surface area contributed by atoms with E-state index in [4.69, 9.17) is 26.8 Å². The summed E-state index contributed by atoms with van der Waals surface area (Å²) >= 11 is 6.18.